The summed E-state index contributed by atoms with van der Waals surface area (Å²) in [5.74, 6) is 0.243. The lowest BCUT2D eigenvalue weighted by Gasteiger charge is -2.41. The number of likely N-dealkylation sites (tertiary alicyclic amines) is 1. The topological polar surface area (TPSA) is 79.9 Å². The van der Waals surface area contributed by atoms with E-state index in [1.54, 1.807) is 7.11 Å². The molecule has 1 amide bonds. The summed E-state index contributed by atoms with van der Waals surface area (Å²) < 4.78 is 10.3. The van der Waals surface area contributed by atoms with Crippen molar-refractivity contribution in [3.05, 3.63) is 65.7 Å². The van der Waals surface area contributed by atoms with Gasteiger partial charge < -0.3 is 14.8 Å². The molecule has 2 aromatic rings. The molecule has 1 aliphatic heterocycles. The first-order valence-electron chi connectivity index (χ1n) is 10.5. The lowest BCUT2D eigenvalue weighted by Crippen LogP contribution is -2.63. The first-order chi connectivity index (χ1) is 15.0. The Morgan fingerprint density at radius 2 is 1.84 bits per heavy atom. The molecule has 1 unspecified atom stereocenters. The summed E-state index contributed by atoms with van der Waals surface area (Å²) in [6, 6.07) is 17.7. The molecule has 0 aromatic heterocycles. The Balaban J connectivity index is 1.58. The lowest BCUT2D eigenvalue weighted by atomic mass is 9.88. The number of nitrogens with one attached hydrogen (secondary N) is 2. The van der Waals surface area contributed by atoms with Gasteiger partial charge in [0.15, 0.2) is 0 Å². The number of carbonyl (C=O) groups is 2. The Morgan fingerprint density at radius 3 is 2.58 bits per heavy atom. The molecule has 31 heavy (non-hydrogen) atoms. The highest BCUT2D eigenvalue weighted by atomic mass is 16.5. The summed E-state index contributed by atoms with van der Waals surface area (Å²) in [6.07, 6.45) is 1.48. The summed E-state index contributed by atoms with van der Waals surface area (Å²) >= 11 is 0. The van der Waals surface area contributed by atoms with Crippen molar-refractivity contribution in [2.45, 2.75) is 31.5 Å². The van der Waals surface area contributed by atoms with E-state index in [-0.39, 0.29) is 18.4 Å². The van der Waals surface area contributed by atoms with Gasteiger partial charge in [0.25, 0.3) is 0 Å². The summed E-state index contributed by atoms with van der Waals surface area (Å²) in [7, 11) is 3.00. The molecule has 7 nitrogen and oxygen atoms in total. The molecule has 7 heteroatoms. The Labute approximate surface area is 183 Å². The van der Waals surface area contributed by atoms with E-state index in [1.165, 1.54) is 12.7 Å². The number of benzene rings is 2. The van der Waals surface area contributed by atoms with Crippen LogP contribution in [0.25, 0.3) is 0 Å². The largest absolute Gasteiger partial charge is 0.497 e. The van der Waals surface area contributed by atoms with Gasteiger partial charge in [0.1, 0.15) is 11.3 Å². The highest BCUT2D eigenvalue weighted by Crippen LogP contribution is 2.24. The Bertz CT molecular complexity index is 874. The third-order valence-corrected chi connectivity index (χ3v) is 5.61. The van der Waals surface area contributed by atoms with Crippen LogP contribution in [-0.4, -0.2) is 56.2 Å². The minimum atomic E-state index is -0.894. The van der Waals surface area contributed by atoms with Crippen molar-refractivity contribution < 1.29 is 19.1 Å². The van der Waals surface area contributed by atoms with E-state index in [0.717, 1.165) is 30.8 Å². The van der Waals surface area contributed by atoms with Crippen LogP contribution in [0.2, 0.25) is 0 Å². The minimum Gasteiger partial charge on any atom is -0.497 e. The number of hydrogen-bond donors (Lipinski definition) is 2. The second-order valence-electron chi connectivity index (χ2n) is 7.86. The summed E-state index contributed by atoms with van der Waals surface area (Å²) in [5, 5.41) is 6.10. The maximum Gasteiger partial charge on any atom is 0.327 e. The maximum absolute atomic E-state index is 12.7. The van der Waals surface area contributed by atoms with Crippen molar-refractivity contribution >= 4 is 11.9 Å². The van der Waals surface area contributed by atoms with Crippen LogP contribution in [0.4, 0.5) is 0 Å². The zero-order chi connectivity index (χ0) is 22.1. The minimum absolute atomic E-state index is 0.0399. The van der Waals surface area contributed by atoms with E-state index in [9.17, 15) is 9.59 Å². The Morgan fingerprint density at radius 1 is 1.06 bits per heavy atom. The first kappa shape index (κ1) is 22.8. The van der Waals surface area contributed by atoms with Gasteiger partial charge >= 0.3 is 5.97 Å². The predicted octanol–water partition coefficient (Wildman–Crippen LogP) is 2.11. The van der Waals surface area contributed by atoms with Crippen LogP contribution in [0.5, 0.6) is 5.75 Å². The number of rotatable bonds is 9. The number of ether oxygens (including phenoxy) is 2. The summed E-state index contributed by atoms with van der Waals surface area (Å²) in [5.41, 5.74) is 1.25. The monoisotopic (exact) mass is 425 g/mol. The van der Waals surface area contributed by atoms with E-state index in [4.69, 9.17) is 9.47 Å². The van der Waals surface area contributed by atoms with Gasteiger partial charge in [0, 0.05) is 19.6 Å². The van der Waals surface area contributed by atoms with Crippen molar-refractivity contribution in [2.24, 2.45) is 0 Å². The molecule has 0 spiro atoms. The molecule has 2 aromatic carbocycles. The molecule has 1 fully saturated rings. The average Bonchev–Trinajstić information content (AvgIpc) is 2.82. The SMILES string of the molecule is COC(=O)C1(NCC(=O)NCc2cccc(OC)c2)CCCN(Cc2ccccc2)C1. The van der Waals surface area contributed by atoms with Crippen LogP contribution in [0, 0.1) is 0 Å². The third kappa shape index (κ3) is 6.29. The number of amides is 1. The van der Waals surface area contributed by atoms with Crippen LogP contribution in [0.1, 0.15) is 24.0 Å². The van der Waals surface area contributed by atoms with Gasteiger partial charge in [-0.3, -0.25) is 19.8 Å². The molecule has 1 aliphatic rings. The van der Waals surface area contributed by atoms with Gasteiger partial charge in [0.2, 0.25) is 5.91 Å². The molecule has 0 radical (unpaired) electrons. The number of piperidine rings is 1. The fourth-order valence-corrected chi connectivity index (χ4v) is 3.99. The molecule has 0 aliphatic carbocycles. The zero-order valence-electron chi connectivity index (χ0n) is 18.2. The van der Waals surface area contributed by atoms with Crippen molar-refractivity contribution in [1.29, 1.82) is 0 Å². The second-order valence-corrected chi connectivity index (χ2v) is 7.86. The van der Waals surface area contributed by atoms with Gasteiger partial charge in [0.05, 0.1) is 20.8 Å². The molecular formula is C24H31N3O4. The maximum atomic E-state index is 12.7. The van der Waals surface area contributed by atoms with Gasteiger partial charge in [-0.15, -0.1) is 0 Å². The zero-order valence-corrected chi connectivity index (χ0v) is 18.2. The molecule has 1 heterocycles. The van der Waals surface area contributed by atoms with E-state index in [0.29, 0.717) is 19.5 Å². The highest BCUT2D eigenvalue weighted by molar-refractivity contribution is 5.83. The van der Waals surface area contributed by atoms with E-state index in [1.807, 2.05) is 42.5 Å². The normalized spacial score (nSPS) is 18.9. The number of carbonyl (C=O) groups excluding carboxylic acids is 2. The van der Waals surface area contributed by atoms with Crippen molar-refractivity contribution in [1.82, 2.24) is 15.5 Å². The van der Waals surface area contributed by atoms with E-state index in [2.05, 4.69) is 27.7 Å². The number of methoxy groups -OCH3 is 2. The van der Waals surface area contributed by atoms with Crippen LogP contribution in [0.15, 0.2) is 54.6 Å². The quantitative estimate of drug-likeness (QED) is 0.599. The molecular weight excluding hydrogens is 394 g/mol. The third-order valence-electron chi connectivity index (χ3n) is 5.61. The second kappa shape index (κ2) is 10.9. The van der Waals surface area contributed by atoms with Gasteiger partial charge in [-0.25, -0.2) is 0 Å². The standard InChI is InChI=1S/C24H31N3O4/c1-30-21-11-6-10-20(14-21)15-25-22(28)16-26-24(23(29)31-2)12-7-13-27(18-24)17-19-8-4-3-5-9-19/h3-6,8-11,14,26H,7,12-13,15-18H2,1-2H3,(H,25,28). The van der Waals surface area contributed by atoms with Crippen molar-refractivity contribution in [3.63, 3.8) is 0 Å². The van der Waals surface area contributed by atoms with Crippen LogP contribution in [-0.2, 0) is 27.4 Å². The fourth-order valence-electron chi connectivity index (χ4n) is 3.99. The molecule has 2 N–H and O–H groups in total. The first-order valence-corrected chi connectivity index (χ1v) is 10.5. The molecule has 3 rings (SSSR count). The van der Waals surface area contributed by atoms with Gasteiger partial charge in [-0.2, -0.15) is 0 Å². The van der Waals surface area contributed by atoms with Crippen LogP contribution in [0.3, 0.4) is 0 Å². The van der Waals surface area contributed by atoms with Crippen molar-refractivity contribution in [3.8, 4) is 5.75 Å². The Kier molecular flexibility index (Phi) is 8.03. The lowest BCUT2D eigenvalue weighted by molar-refractivity contribution is -0.151. The molecule has 0 bridgehead atoms. The smallest absolute Gasteiger partial charge is 0.327 e. The Hall–Kier alpha value is -2.90. The summed E-state index contributed by atoms with van der Waals surface area (Å²) in [4.78, 5) is 27.4. The molecule has 166 valence electrons. The van der Waals surface area contributed by atoms with Gasteiger partial charge in [-0.1, -0.05) is 42.5 Å². The molecule has 0 saturated carbocycles. The fraction of sp³-hybridized carbons (Fsp3) is 0.417. The number of esters is 1. The number of hydrogen-bond acceptors (Lipinski definition) is 6. The average molecular weight is 426 g/mol. The van der Waals surface area contributed by atoms with Crippen molar-refractivity contribution in [2.75, 3.05) is 33.9 Å². The van der Waals surface area contributed by atoms with E-state index < -0.39 is 5.54 Å². The van der Waals surface area contributed by atoms with Crippen LogP contribution < -0.4 is 15.4 Å². The van der Waals surface area contributed by atoms with E-state index >= 15 is 0 Å². The molecule has 1 saturated heterocycles. The predicted molar refractivity (Wildman–Crippen MR) is 119 cm³/mol. The van der Waals surface area contributed by atoms with Gasteiger partial charge in [-0.05, 0) is 42.6 Å². The molecule has 1 atom stereocenters. The highest BCUT2D eigenvalue weighted by Gasteiger charge is 2.43. The summed E-state index contributed by atoms with van der Waals surface area (Å²) in [6.45, 7) is 2.58. The van der Waals surface area contributed by atoms with Crippen LogP contribution >= 0.6 is 0 Å². The number of nitrogens with zero attached hydrogens (tertiary/aromatic N) is 1.